The van der Waals surface area contributed by atoms with Crippen molar-refractivity contribution in [3.63, 3.8) is 0 Å². The normalized spacial score (nSPS) is 12.5. The van der Waals surface area contributed by atoms with E-state index < -0.39 is 0 Å². The van der Waals surface area contributed by atoms with Gasteiger partial charge in [-0.05, 0) is 35.0 Å². The summed E-state index contributed by atoms with van der Waals surface area (Å²) in [6, 6.07) is 3.54. The van der Waals surface area contributed by atoms with E-state index in [0.29, 0.717) is 22.1 Å². The van der Waals surface area contributed by atoms with Crippen LogP contribution in [0.3, 0.4) is 0 Å². The fraction of sp³-hybridized carbons (Fsp3) is 0.333. The second-order valence-corrected chi connectivity index (χ2v) is 6.29. The topological polar surface area (TPSA) is 94.9 Å². The molecular formula is C15H16BrN5O3. The number of nitrogens with zero attached hydrogens (tertiary/aromatic N) is 4. The number of rotatable bonds is 5. The molecule has 0 spiro atoms. The van der Waals surface area contributed by atoms with Crippen LogP contribution in [0.5, 0.6) is 0 Å². The van der Waals surface area contributed by atoms with Crippen LogP contribution in [0.1, 0.15) is 12.7 Å². The van der Waals surface area contributed by atoms with Gasteiger partial charge in [0.2, 0.25) is 5.91 Å². The number of aryl methyl sites for hydroxylation is 1. The highest BCUT2D eigenvalue weighted by atomic mass is 79.9. The Morgan fingerprint density at radius 3 is 3.00 bits per heavy atom. The van der Waals surface area contributed by atoms with E-state index in [4.69, 9.17) is 4.42 Å². The highest BCUT2D eigenvalue weighted by Crippen LogP contribution is 2.16. The number of amides is 1. The Morgan fingerprint density at radius 2 is 2.29 bits per heavy atom. The minimum atomic E-state index is -0.311. The Kier molecular flexibility index (Phi) is 4.52. The van der Waals surface area contributed by atoms with Crippen LogP contribution in [0.25, 0.3) is 11.0 Å². The Hall–Kier alpha value is -2.42. The molecule has 3 rings (SSSR count). The predicted molar refractivity (Wildman–Crippen MR) is 90.5 cm³/mol. The predicted octanol–water partition coefficient (Wildman–Crippen LogP) is 1.23. The van der Waals surface area contributed by atoms with Crippen molar-refractivity contribution in [2.75, 3.05) is 0 Å². The molecule has 0 aliphatic heterocycles. The zero-order valence-electron chi connectivity index (χ0n) is 13.2. The first-order valence-corrected chi connectivity index (χ1v) is 8.14. The van der Waals surface area contributed by atoms with Gasteiger partial charge in [0.25, 0.3) is 5.56 Å². The Balaban J connectivity index is 1.72. The summed E-state index contributed by atoms with van der Waals surface area (Å²) in [5, 5.41) is 7.31. The number of aromatic nitrogens is 4. The van der Waals surface area contributed by atoms with E-state index in [1.165, 1.54) is 15.6 Å². The molecular weight excluding hydrogens is 378 g/mol. The third-order valence-corrected chi connectivity index (χ3v) is 4.13. The van der Waals surface area contributed by atoms with Crippen molar-refractivity contribution in [1.29, 1.82) is 0 Å². The van der Waals surface area contributed by atoms with E-state index in [-0.39, 0.29) is 24.1 Å². The van der Waals surface area contributed by atoms with Gasteiger partial charge in [0.15, 0.2) is 5.65 Å². The summed E-state index contributed by atoms with van der Waals surface area (Å²) in [7, 11) is 1.70. The fourth-order valence-electron chi connectivity index (χ4n) is 2.50. The summed E-state index contributed by atoms with van der Waals surface area (Å²) in [4.78, 5) is 28.8. The molecule has 3 aromatic heterocycles. The summed E-state index contributed by atoms with van der Waals surface area (Å²) in [6.45, 7) is 1.77. The molecule has 9 heteroatoms. The minimum absolute atomic E-state index is 0.106. The maximum atomic E-state index is 12.5. The highest BCUT2D eigenvalue weighted by Gasteiger charge is 2.16. The molecule has 0 fully saturated rings. The van der Waals surface area contributed by atoms with Gasteiger partial charge in [-0.1, -0.05) is 0 Å². The van der Waals surface area contributed by atoms with Crippen LogP contribution in [-0.4, -0.2) is 31.3 Å². The number of hydrogen-bond donors (Lipinski definition) is 1. The van der Waals surface area contributed by atoms with Crippen LogP contribution < -0.4 is 10.9 Å². The molecule has 1 amide bonds. The van der Waals surface area contributed by atoms with Crippen molar-refractivity contribution >= 4 is 32.9 Å². The van der Waals surface area contributed by atoms with Gasteiger partial charge >= 0.3 is 0 Å². The molecule has 3 aromatic rings. The molecule has 24 heavy (non-hydrogen) atoms. The van der Waals surface area contributed by atoms with Crippen molar-refractivity contribution in [2.24, 2.45) is 7.05 Å². The van der Waals surface area contributed by atoms with Crippen LogP contribution in [0.2, 0.25) is 0 Å². The second-order valence-electron chi connectivity index (χ2n) is 5.54. The van der Waals surface area contributed by atoms with E-state index in [9.17, 15) is 9.59 Å². The maximum absolute atomic E-state index is 12.5. The van der Waals surface area contributed by atoms with E-state index >= 15 is 0 Å². The molecule has 0 aromatic carbocycles. The average molecular weight is 394 g/mol. The van der Waals surface area contributed by atoms with Crippen molar-refractivity contribution in [1.82, 2.24) is 24.6 Å². The summed E-state index contributed by atoms with van der Waals surface area (Å²) >= 11 is 3.25. The van der Waals surface area contributed by atoms with Gasteiger partial charge in [-0.2, -0.15) is 5.10 Å². The van der Waals surface area contributed by atoms with Gasteiger partial charge in [0.1, 0.15) is 28.6 Å². The number of hydrogen-bond acceptors (Lipinski definition) is 5. The molecule has 126 valence electrons. The smallest absolute Gasteiger partial charge is 0.266 e. The lowest BCUT2D eigenvalue weighted by atomic mass is 10.2. The van der Waals surface area contributed by atoms with Crippen LogP contribution in [0.15, 0.2) is 38.5 Å². The van der Waals surface area contributed by atoms with Crippen LogP contribution >= 0.6 is 15.9 Å². The molecule has 3 heterocycles. The Labute approximate surface area is 145 Å². The lowest BCUT2D eigenvalue weighted by Gasteiger charge is -2.13. The van der Waals surface area contributed by atoms with Gasteiger partial charge in [0, 0.05) is 19.5 Å². The molecule has 0 aliphatic rings. The summed E-state index contributed by atoms with van der Waals surface area (Å²) in [5.41, 5.74) is 0.156. The van der Waals surface area contributed by atoms with E-state index in [2.05, 4.69) is 31.3 Å². The van der Waals surface area contributed by atoms with Crippen LogP contribution in [0, 0.1) is 0 Å². The monoisotopic (exact) mass is 393 g/mol. The number of nitrogens with one attached hydrogen (secondary N) is 1. The minimum Gasteiger partial charge on any atom is -0.469 e. The van der Waals surface area contributed by atoms with Crippen molar-refractivity contribution in [3.8, 4) is 0 Å². The van der Waals surface area contributed by atoms with Crippen LogP contribution in [-0.2, 0) is 24.8 Å². The standard InChI is InChI=1S/C15H16BrN5O3/c1-9(6-10-4-3-5-24-10)18-11(22)7-21-8-17-14-12(15(21)23)13(16)19-20(14)2/h3-5,8-9H,6-7H2,1-2H3,(H,18,22). The van der Waals surface area contributed by atoms with Crippen LogP contribution in [0.4, 0.5) is 0 Å². The number of halogens is 1. The van der Waals surface area contributed by atoms with Crippen molar-refractivity contribution in [2.45, 2.75) is 25.9 Å². The average Bonchev–Trinajstić information content (AvgIpc) is 3.10. The van der Waals surface area contributed by atoms with Gasteiger partial charge in [0.05, 0.1) is 6.26 Å². The summed E-state index contributed by atoms with van der Waals surface area (Å²) in [5.74, 6) is 0.527. The molecule has 0 radical (unpaired) electrons. The Bertz CT molecular complexity index is 929. The van der Waals surface area contributed by atoms with Crippen molar-refractivity contribution < 1.29 is 9.21 Å². The van der Waals surface area contributed by atoms with Gasteiger partial charge < -0.3 is 9.73 Å². The van der Waals surface area contributed by atoms with E-state index in [1.807, 2.05) is 13.0 Å². The zero-order chi connectivity index (χ0) is 17.3. The van der Waals surface area contributed by atoms with Crippen molar-refractivity contribution in [3.05, 3.63) is 45.4 Å². The molecule has 0 aliphatic carbocycles. The van der Waals surface area contributed by atoms with Gasteiger partial charge in [-0.3, -0.25) is 14.2 Å². The van der Waals surface area contributed by atoms with E-state index in [1.54, 1.807) is 19.4 Å². The first-order chi connectivity index (χ1) is 11.5. The highest BCUT2D eigenvalue weighted by molar-refractivity contribution is 9.10. The molecule has 1 unspecified atom stereocenters. The number of furan rings is 1. The van der Waals surface area contributed by atoms with Gasteiger partial charge in [-0.25, -0.2) is 9.67 Å². The molecule has 0 saturated heterocycles. The van der Waals surface area contributed by atoms with E-state index in [0.717, 1.165) is 5.76 Å². The summed E-state index contributed by atoms with van der Waals surface area (Å²) in [6.07, 6.45) is 3.53. The second kappa shape index (κ2) is 6.60. The third-order valence-electron chi connectivity index (χ3n) is 3.58. The third kappa shape index (κ3) is 3.25. The SMILES string of the molecule is CC(Cc1ccco1)NC(=O)Cn1cnc2c(c(Br)nn2C)c1=O. The zero-order valence-corrected chi connectivity index (χ0v) is 14.8. The molecule has 0 saturated carbocycles. The lowest BCUT2D eigenvalue weighted by Crippen LogP contribution is -2.38. The maximum Gasteiger partial charge on any atom is 0.266 e. The molecule has 0 bridgehead atoms. The first-order valence-electron chi connectivity index (χ1n) is 7.35. The fourth-order valence-corrected chi connectivity index (χ4v) is 3.09. The molecule has 8 nitrogen and oxygen atoms in total. The number of carbonyl (C=O) groups is 1. The lowest BCUT2D eigenvalue weighted by molar-refractivity contribution is -0.122. The largest absolute Gasteiger partial charge is 0.469 e. The molecule has 1 atom stereocenters. The number of carbonyl (C=O) groups excluding carboxylic acids is 1. The quantitative estimate of drug-likeness (QED) is 0.703. The number of fused-ring (bicyclic) bond motifs is 1. The Morgan fingerprint density at radius 1 is 1.50 bits per heavy atom. The van der Waals surface area contributed by atoms with Gasteiger partial charge in [-0.15, -0.1) is 0 Å². The first kappa shape index (κ1) is 16.4. The molecule has 1 N–H and O–H groups in total. The summed E-state index contributed by atoms with van der Waals surface area (Å²) < 4.78 is 8.45.